The Hall–Kier alpha value is -2.51. The molecule has 6 nitrogen and oxygen atoms in total. The van der Waals surface area contributed by atoms with Crippen molar-refractivity contribution in [3.8, 4) is 11.1 Å². The first-order valence-corrected chi connectivity index (χ1v) is 11.4. The van der Waals surface area contributed by atoms with Crippen LogP contribution in [0, 0.1) is 6.92 Å². The number of nitrogens with zero attached hydrogens (tertiary/aromatic N) is 3. The van der Waals surface area contributed by atoms with Crippen LogP contribution in [-0.2, 0) is 11.3 Å². The molecule has 0 radical (unpaired) electrons. The van der Waals surface area contributed by atoms with Crippen molar-refractivity contribution in [3.63, 3.8) is 0 Å². The molecule has 3 rings (SSSR count). The Morgan fingerprint density at radius 2 is 1.93 bits per heavy atom. The Kier molecular flexibility index (Phi) is 7.76. The van der Waals surface area contributed by atoms with E-state index < -0.39 is 0 Å². The quantitative estimate of drug-likeness (QED) is 0.502. The second kappa shape index (κ2) is 10.5. The Bertz CT molecular complexity index is 1040. The third-order valence-corrected chi connectivity index (χ3v) is 6.38. The number of amides is 1. The molecule has 160 valence electrons. The Labute approximate surface area is 181 Å². The fourth-order valence-corrected chi connectivity index (χ4v) is 4.63. The standard InChI is InChI=1S/C23H30N4O2S/c1-4-26(5-2)14-9-13-24-19(28)12-15-27-16-25-22-21(23(27)29)20(17(3)30-22)18-10-7-6-8-11-18/h6-8,10-11,16H,4-5,9,12-15H2,1-3H3,(H,24,28). The predicted octanol–water partition coefficient (Wildman–Crippen LogP) is 3.67. The van der Waals surface area contributed by atoms with Crippen molar-refractivity contribution in [2.75, 3.05) is 26.2 Å². The first-order chi connectivity index (χ1) is 14.5. The average molecular weight is 427 g/mol. The Balaban J connectivity index is 1.67. The van der Waals surface area contributed by atoms with Crippen LogP contribution in [0.1, 0.15) is 31.6 Å². The molecular weight excluding hydrogens is 396 g/mol. The zero-order chi connectivity index (χ0) is 21.5. The van der Waals surface area contributed by atoms with Crippen molar-refractivity contribution in [1.29, 1.82) is 0 Å². The van der Waals surface area contributed by atoms with Gasteiger partial charge in [-0.3, -0.25) is 14.2 Å². The second-order valence-corrected chi connectivity index (χ2v) is 8.51. The van der Waals surface area contributed by atoms with Gasteiger partial charge in [0.1, 0.15) is 4.83 Å². The highest BCUT2D eigenvalue weighted by molar-refractivity contribution is 7.19. The van der Waals surface area contributed by atoms with Crippen LogP contribution >= 0.6 is 11.3 Å². The smallest absolute Gasteiger partial charge is 0.262 e. The van der Waals surface area contributed by atoms with E-state index >= 15 is 0 Å². The average Bonchev–Trinajstić information content (AvgIpc) is 3.10. The van der Waals surface area contributed by atoms with E-state index in [9.17, 15) is 9.59 Å². The number of hydrogen-bond donors (Lipinski definition) is 1. The predicted molar refractivity (Wildman–Crippen MR) is 124 cm³/mol. The van der Waals surface area contributed by atoms with E-state index in [0.29, 0.717) is 18.5 Å². The van der Waals surface area contributed by atoms with Crippen molar-refractivity contribution >= 4 is 27.5 Å². The molecule has 0 saturated heterocycles. The van der Waals surface area contributed by atoms with Gasteiger partial charge in [0, 0.05) is 30.0 Å². The van der Waals surface area contributed by atoms with Gasteiger partial charge in [0.15, 0.2) is 0 Å². The first-order valence-electron chi connectivity index (χ1n) is 10.6. The lowest BCUT2D eigenvalue weighted by Crippen LogP contribution is -2.31. The van der Waals surface area contributed by atoms with E-state index in [1.807, 2.05) is 37.3 Å². The molecule has 1 amide bonds. The van der Waals surface area contributed by atoms with Gasteiger partial charge in [-0.15, -0.1) is 11.3 Å². The van der Waals surface area contributed by atoms with Crippen molar-refractivity contribution in [3.05, 3.63) is 51.9 Å². The number of hydrogen-bond acceptors (Lipinski definition) is 5. The van der Waals surface area contributed by atoms with E-state index in [1.54, 1.807) is 10.9 Å². The molecule has 30 heavy (non-hydrogen) atoms. The molecule has 0 unspecified atom stereocenters. The summed E-state index contributed by atoms with van der Waals surface area (Å²) in [4.78, 5) is 34.0. The lowest BCUT2D eigenvalue weighted by Gasteiger charge is -2.17. The van der Waals surface area contributed by atoms with E-state index in [-0.39, 0.29) is 17.9 Å². The van der Waals surface area contributed by atoms with Crippen LogP contribution in [-0.4, -0.2) is 46.5 Å². The SMILES string of the molecule is CCN(CC)CCCNC(=O)CCn1cnc2sc(C)c(-c3ccccc3)c2c1=O. The summed E-state index contributed by atoms with van der Waals surface area (Å²) in [5.74, 6) is -0.0358. The molecule has 7 heteroatoms. The topological polar surface area (TPSA) is 67.2 Å². The summed E-state index contributed by atoms with van der Waals surface area (Å²) in [6.45, 7) is 10.3. The highest BCUT2D eigenvalue weighted by atomic mass is 32.1. The molecule has 0 saturated carbocycles. The minimum Gasteiger partial charge on any atom is -0.356 e. The summed E-state index contributed by atoms with van der Waals surface area (Å²) in [5, 5.41) is 3.60. The van der Waals surface area contributed by atoms with Gasteiger partial charge in [0.2, 0.25) is 5.91 Å². The Morgan fingerprint density at radius 3 is 2.63 bits per heavy atom. The molecular formula is C23H30N4O2S. The zero-order valence-electron chi connectivity index (χ0n) is 18.0. The zero-order valence-corrected chi connectivity index (χ0v) is 18.8. The maximum atomic E-state index is 13.1. The lowest BCUT2D eigenvalue weighted by atomic mass is 10.0. The van der Waals surface area contributed by atoms with Crippen LogP contribution in [0.3, 0.4) is 0 Å². The second-order valence-electron chi connectivity index (χ2n) is 7.30. The molecule has 0 aliphatic heterocycles. The summed E-state index contributed by atoms with van der Waals surface area (Å²) in [7, 11) is 0. The van der Waals surface area contributed by atoms with Crippen molar-refractivity contribution < 1.29 is 4.79 Å². The maximum Gasteiger partial charge on any atom is 0.262 e. The number of carbonyl (C=O) groups is 1. The lowest BCUT2D eigenvalue weighted by molar-refractivity contribution is -0.121. The van der Waals surface area contributed by atoms with Crippen LogP contribution in [0.2, 0.25) is 0 Å². The summed E-state index contributed by atoms with van der Waals surface area (Å²) < 4.78 is 1.55. The number of aromatic nitrogens is 2. The van der Waals surface area contributed by atoms with Gasteiger partial charge in [-0.1, -0.05) is 44.2 Å². The number of thiophene rings is 1. The van der Waals surface area contributed by atoms with Crippen LogP contribution in [0.25, 0.3) is 21.3 Å². The van der Waals surface area contributed by atoms with Gasteiger partial charge >= 0.3 is 0 Å². The third kappa shape index (κ3) is 5.15. The molecule has 0 aliphatic carbocycles. The molecule has 1 aromatic carbocycles. The molecule has 0 atom stereocenters. The first kappa shape index (κ1) is 22.2. The molecule has 0 fully saturated rings. The minimum absolute atomic E-state index is 0.0358. The van der Waals surface area contributed by atoms with Crippen LogP contribution < -0.4 is 10.9 Å². The minimum atomic E-state index is -0.0856. The monoisotopic (exact) mass is 426 g/mol. The molecule has 1 N–H and O–H groups in total. The van der Waals surface area contributed by atoms with Crippen molar-refractivity contribution in [2.45, 2.75) is 40.2 Å². The van der Waals surface area contributed by atoms with Gasteiger partial charge < -0.3 is 10.2 Å². The number of rotatable bonds is 10. The van der Waals surface area contributed by atoms with Crippen LogP contribution in [0.15, 0.2) is 41.5 Å². The van der Waals surface area contributed by atoms with Crippen LogP contribution in [0.5, 0.6) is 0 Å². The molecule has 3 aromatic rings. The number of nitrogens with one attached hydrogen (secondary N) is 1. The molecule has 0 spiro atoms. The molecule has 2 heterocycles. The van der Waals surface area contributed by atoms with E-state index in [1.165, 1.54) is 11.3 Å². The number of fused-ring (bicyclic) bond motifs is 1. The maximum absolute atomic E-state index is 13.1. The van der Waals surface area contributed by atoms with Gasteiger partial charge in [-0.05, 0) is 38.5 Å². The van der Waals surface area contributed by atoms with E-state index in [4.69, 9.17) is 0 Å². The largest absolute Gasteiger partial charge is 0.356 e. The summed E-state index contributed by atoms with van der Waals surface area (Å²) in [6.07, 6.45) is 2.75. The van der Waals surface area contributed by atoms with E-state index in [2.05, 4.69) is 29.0 Å². The summed E-state index contributed by atoms with van der Waals surface area (Å²) in [6, 6.07) is 9.92. The van der Waals surface area contributed by atoms with Crippen molar-refractivity contribution in [2.24, 2.45) is 0 Å². The molecule has 0 bridgehead atoms. The van der Waals surface area contributed by atoms with Crippen LogP contribution in [0.4, 0.5) is 0 Å². The number of aryl methyl sites for hydroxylation is 2. The highest BCUT2D eigenvalue weighted by Crippen LogP contribution is 2.35. The third-order valence-electron chi connectivity index (χ3n) is 5.36. The fraction of sp³-hybridized carbons (Fsp3) is 0.435. The molecule has 2 aromatic heterocycles. The van der Waals surface area contributed by atoms with Gasteiger partial charge in [-0.2, -0.15) is 0 Å². The van der Waals surface area contributed by atoms with Gasteiger partial charge in [-0.25, -0.2) is 4.98 Å². The van der Waals surface area contributed by atoms with Crippen molar-refractivity contribution in [1.82, 2.24) is 19.8 Å². The fourth-order valence-electron chi connectivity index (χ4n) is 3.63. The Morgan fingerprint density at radius 1 is 1.20 bits per heavy atom. The number of carbonyl (C=O) groups excluding carboxylic acids is 1. The van der Waals surface area contributed by atoms with E-state index in [0.717, 1.165) is 46.9 Å². The summed E-state index contributed by atoms with van der Waals surface area (Å²) >= 11 is 1.53. The van der Waals surface area contributed by atoms with Gasteiger partial charge in [0.25, 0.3) is 5.56 Å². The summed E-state index contributed by atoms with van der Waals surface area (Å²) in [5.41, 5.74) is 1.88. The molecule has 0 aliphatic rings. The normalized spacial score (nSPS) is 11.3. The number of benzene rings is 1. The van der Waals surface area contributed by atoms with Gasteiger partial charge in [0.05, 0.1) is 11.7 Å². The highest BCUT2D eigenvalue weighted by Gasteiger charge is 2.17.